The summed E-state index contributed by atoms with van der Waals surface area (Å²) in [7, 11) is -3.65. The van der Waals surface area contributed by atoms with Crippen LogP contribution in [0, 0.1) is 0 Å². The normalized spacial score (nSPS) is 11.4. The molecule has 0 atom stereocenters. The quantitative estimate of drug-likeness (QED) is 0.701. The van der Waals surface area contributed by atoms with Crippen LogP contribution < -0.4 is 4.72 Å². The molecule has 0 aliphatic carbocycles. The van der Waals surface area contributed by atoms with Crippen LogP contribution in [0.15, 0.2) is 53.9 Å². The first-order valence-electron chi connectivity index (χ1n) is 8.06. The topological polar surface area (TPSA) is 66.4 Å². The Morgan fingerprint density at radius 2 is 1.72 bits per heavy atom. The third kappa shape index (κ3) is 5.68. The minimum atomic E-state index is -3.65. The summed E-state index contributed by atoms with van der Waals surface area (Å²) in [5.74, 6) is 0. The molecular formula is C19H22ClNO3S. The largest absolute Gasteiger partial charge is 0.396 e. The molecule has 0 aliphatic rings. The number of hydrogen-bond acceptors (Lipinski definition) is 3. The third-order valence-electron chi connectivity index (χ3n) is 3.84. The zero-order valence-electron chi connectivity index (χ0n) is 13.9. The van der Waals surface area contributed by atoms with E-state index in [9.17, 15) is 8.42 Å². The van der Waals surface area contributed by atoms with Gasteiger partial charge in [-0.05, 0) is 48.1 Å². The van der Waals surface area contributed by atoms with E-state index in [0.717, 1.165) is 24.0 Å². The van der Waals surface area contributed by atoms with Crippen LogP contribution in [-0.2, 0) is 22.9 Å². The number of benzene rings is 2. The molecule has 4 nitrogen and oxygen atoms in total. The van der Waals surface area contributed by atoms with Crippen LogP contribution in [0.25, 0.3) is 6.08 Å². The van der Waals surface area contributed by atoms with E-state index in [4.69, 9.17) is 16.7 Å². The Morgan fingerprint density at radius 3 is 2.32 bits per heavy atom. The third-order valence-corrected chi connectivity index (χ3v) is 5.59. The number of halogens is 1. The van der Waals surface area contributed by atoms with Crippen LogP contribution in [0.2, 0.25) is 5.02 Å². The molecular weight excluding hydrogens is 358 g/mol. The molecule has 0 bridgehead atoms. The maximum absolute atomic E-state index is 12.5. The molecule has 2 aromatic rings. The molecule has 2 aromatic carbocycles. The van der Waals surface area contributed by atoms with Crippen molar-refractivity contribution in [2.45, 2.75) is 24.2 Å². The lowest BCUT2D eigenvalue weighted by Gasteiger charge is -2.10. The minimum Gasteiger partial charge on any atom is -0.396 e. The van der Waals surface area contributed by atoms with Gasteiger partial charge in [0, 0.05) is 18.2 Å². The highest BCUT2D eigenvalue weighted by molar-refractivity contribution is 7.89. The van der Waals surface area contributed by atoms with Crippen LogP contribution in [0.1, 0.15) is 23.1 Å². The SMILES string of the molecule is C=Cc1ccc(Cl)cc1S(=O)(=O)NCCc1ccc(CCCO)cc1. The van der Waals surface area contributed by atoms with Crippen molar-refractivity contribution in [3.63, 3.8) is 0 Å². The van der Waals surface area contributed by atoms with E-state index in [1.54, 1.807) is 12.1 Å². The smallest absolute Gasteiger partial charge is 0.241 e. The number of sulfonamides is 1. The van der Waals surface area contributed by atoms with E-state index < -0.39 is 10.0 Å². The van der Waals surface area contributed by atoms with Gasteiger partial charge in [-0.15, -0.1) is 0 Å². The summed E-state index contributed by atoms with van der Waals surface area (Å²) in [5, 5.41) is 9.21. The summed E-state index contributed by atoms with van der Waals surface area (Å²) < 4.78 is 27.6. The van der Waals surface area contributed by atoms with Gasteiger partial charge in [0.1, 0.15) is 0 Å². The Balaban J connectivity index is 1.98. The Kier molecular flexibility index (Phi) is 7.20. The van der Waals surface area contributed by atoms with Crippen molar-refractivity contribution >= 4 is 27.7 Å². The molecule has 0 unspecified atom stereocenters. The van der Waals surface area contributed by atoms with Crippen LogP contribution in [0.4, 0.5) is 0 Å². The lowest BCUT2D eigenvalue weighted by molar-refractivity contribution is 0.288. The molecule has 0 radical (unpaired) electrons. The van der Waals surface area contributed by atoms with Gasteiger partial charge in [0.2, 0.25) is 10.0 Å². The van der Waals surface area contributed by atoms with E-state index in [-0.39, 0.29) is 11.5 Å². The van der Waals surface area contributed by atoms with Crippen LogP contribution in [-0.4, -0.2) is 26.7 Å². The fourth-order valence-electron chi connectivity index (χ4n) is 2.47. The van der Waals surface area contributed by atoms with Gasteiger partial charge in [0.05, 0.1) is 4.90 Å². The number of hydrogen-bond donors (Lipinski definition) is 2. The van der Waals surface area contributed by atoms with Crippen molar-refractivity contribution in [2.24, 2.45) is 0 Å². The first-order chi connectivity index (χ1) is 12.0. The van der Waals surface area contributed by atoms with Crippen LogP contribution in [0.3, 0.4) is 0 Å². The zero-order chi connectivity index (χ0) is 18.3. The minimum absolute atomic E-state index is 0.134. The average molecular weight is 380 g/mol. The number of aliphatic hydroxyl groups is 1. The van der Waals surface area contributed by atoms with Gasteiger partial charge in [-0.2, -0.15) is 0 Å². The van der Waals surface area contributed by atoms with Gasteiger partial charge in [0.15, 0.2) is 0 Å². The average Bonchev–Trinajstić information content (AvgIpc) is 2.61. The Bertz CT molecular complexity index is 817. The van der Waals surface area contributed by atoms with E-state index in [0.29, 0.717) is 23.6 Å². The number of aliphatic hydroxyl groups excluding tert-OH is 1. The molecule has 0 aliphatic heterocycles. The number of nitrogens with one attached hydrogen (secondary N) is 1. The van der Waals surface area contributed by atoms with Crippen molar-refractivity contribution < 1.29 is 13.5 Å². The van der Waals surface area contributed by atoms with E-state index >= 15 is 0 Å². The fourth-order valence-corrected chi connectivity index (χ4v) is 3.98. The molecule has 2 rings (SSSR count). The predicted octanol–water partition coefficient (Wildman–Crippen LogP) is 3.43. The number of rotatable bonds is 9. The highest BCUT2D eigenvalue weighted by atomic mass is 35.5. The summed E-state index contributed by atoms with van der Waals surface area (Å²) in [6.45, 7) is 4.11. The van der Waals surface area contributed by atoms with E-state index in [1.165, 1.54) is 12.1 Å². The first-order valence-corrected chi connectivity index (χ1v) is 9.92. The molecule has 0 aromatic heterocycles. The number of aryl methyl sites for hydroxylation is 1. The van der Waals surface area contributed by atoms with Gasteiger partial charge in [-0.3, -0.25) is 0 Å². The monoisotopic (exact) mass is 379 g/mol. The molecule has 0 saturated heterocycles. The van der Waals surface area contributed by atoms with Crippen LogP contribution in [0.5, 0.6) is 0 Å². The highest BCUT2D eigenvalue weighted by Crippen LogP contribution is 2.21. The van der Waals surface area contributed by atoms with E-state index in [1.807, 2.05) is 24.3 Å². The molecule has 2 N–H and O–H groups in total. The van der Waals surface area contributed by atoms with Crippen molar-refractivity contribution in [3.05, 3.63) is 70.8 Å². The maximum atomic E-state index is 12.5. The summed E-state index contributed by atoms with van der Waals surface area (Å²) in [6, 6.07) is 12.7. The van der Waals surface area contributed by atoms with Gasteiger partial charge in [-0.1, -0.05) is 54.6 Å². The zero-order valence-corrected chi connectivity index (χ0v) is 15.5. The van der Waals surface area contributed by atoms with Gasteiger partial charge < -0.3 is 5.11 Å². The molecule has 0 fully saturated rings. The van der Waals surface area contributed by atoms with Crippen molar-refractivity contribution in [2.75, 3.05) is 13.2 Å². The highest BCUT2D eigenvalue weighted by Gasteiger charge is 2.17. The molecule has 0 heterocycles. The Labute approximate surface area is 154 Å². The summed E-state index contributed by atoms with van der Waals surface area (Å²) in [6.07, 6.45) is 3.66. The predicted molar refractivity (Wildman–Crippen MR) is 102 cm³/mol. The standard InChI is InChI=1S/C19H22ClNO3S/c1-2-17-9-10-18(20)14-19(17)25(23,24)21-12-11-16-7-5-15(6-8-16)4-3-13-22/h2,5-10,14,21-22H,1,3-4,11-13H2. The molecule has 6 heteroatoms. The maximum Gasteiger partial charge on any atom is 0.241 e. The van der Waals surface area contributed by atoms with Crippen molar-refractivity contribution in [1.82, 2.24) is 4.72 Å². The lowest BCUT2D eigenvalue weighted by atomic mass is 10.1. The summed E-state index contributed by atoms with van der Waals surface area (Å²) >= 11 is 5.92. The first kappa shape index (κ1) is 19.7. The summed E-state index contributed by atoms with van der Waals surface area (Å²) in [5.41, 5.74) is 2.73. The molecule has 134 valence electrons. The van der Waals surface area contributed by atoms with Gasteiger partial charge in [0.25, 0.3) is 0 Å². The summed E-state index contributed by atoms with van der Waals surface area (Å²) in [4.78, 5) is 0.134. The molecule has 0 amide bonds. The second kappa shape index (κ2) is 9.15. The van der Waals surface area contributed by atoms with E-state index in [2.05, 4.69) is 11.3 Å². The van der Waals surface area contributed by atoms with Crippen molar-refractivity contribution in [1.29, 1.82) is 0 Å². The van der Waals surface area contributed by atoms with Gasteiger partial charge >= 0.3 is 0 Å². The fraction of sp³-hybridized carbons (Fsp3) is 0.263. The Hall–Kier alpha value is -1.66. The van der Waals surface area contributed by atoms with Crippen LogP contribution >= 0.6 is 11.6 Å². The molecule has 0 saturated carbocycles. The molecule has 25 heavy (non-hydrogen) atoms. The van der Waals surface area contributed by atoms with Gasteiger partial charge in [-0.25, -0.2) is 13.1 Å². The Morgan fingerprint density at radius 1 is 1.08 bits per heavy atom. The lowest BCUT2D eigenvalue weighted by Crippen LogP contribution is -2.26. The van der Waals surface area contributed by atoms with Crippen molar-refractivity contribution in [3.8, 4) is 0 Å². The molecule has 0 spiro atoms. The second-order valence-corrected chi connectivity index (χ2v) is 7.85. The second-order valence-electron chi connectivity index (χ2n) is 5.68.